The lowest BCUT2D eigenvalue weighted by Crippen LogP contribution is -2.31. The van der Waals surface area contributed by atoms with Crippen LogP contribution in [-0.4, -0.2) is 29.6 Å². The van der Waals surface area contributed by atoms with Gasteiger partial charge >= 0.3 is 0 Å². The highest BCUT2D eigenvalue weighted by Crippen LogP contribution is 2.33. The van der Waals surface area contributed by atoms with E-state index in [1.807, 2.05) is 37.5 Å². The number of hydrogen-bond acceptors (Lipinski definition) is 3. The zero-order chi connectivity index (χ0) is 12.3. The van der Waals surface area contributed by atoms with Crippen LogP contribution < -0.4 is 5.32 Å². The molecule has 2 atom stereocenters. The first-order valence-electron chi connectivity index (χ1n) is 5.84. The van der Waals surface area contributed by atoms with E-state index in [2.05, 4.69) is 11.4 Å². The third kappa shape index (κ3) is 3.39. The summed E-state index contributed by atoms with van der Waals surface area (Å²) in [5.41, 5.74) is 2.07. The summed E-state index contributed by atoms with van der Waals surface area (Å²) < 4.78 is 13.5. The van der Waals surface area contributed by atoms with Gasteiger partial charge in [-0.3, -0.25) is 0 Å². The largest absolute Gasteiger partial charge is 0.312 e. The van der Waals surface area contributed by atoms with Gasteiger partial charge in [-0.2, -0.15) is 23.5 Å². The van der Waals surface area contributed by atoms with Gasteiger partial charge in [-0.15, -0.1) is 0 Å². The van der Waals surface area contributed by atoms with Crippen molar-refractivity contribution in [2.45, 2.75) is 18.2 Å². The number of nitrogens with one attached hydrogen (secondary N) is 1. The van der Waals surface area contributed by atoms with E-state index in [9.17, 15) is 4.39 Å². The Morgan fingerprint density at radius 1 is 1.35 bits per heavy atom. The SMILES string of the molecule is CNC(c1cc(C)cc(F)c1)C1CSCCS1. The molecule has 1 aromatic carbocycles. The monoisotopic (exact) mass is 271 g/mol. The Morgan fingerprint density at radius 3 is 2.76 bits per heavy atom. The molecule has 4 heteroatoms. The summed E-state index contributed by atoms with van der Waals surface area (Å²) in [6.45, 7) is 1.95. The fourth-order valence-corrected chi connectivity index (χ4v) is 5.12. The minimum Gasteiger partial charge on any atom is -0.312 e. The zero-order valence-electron chi connectivity index (χ0n) is 10.2. The van der Waals surface area contributed by atoms with Gasteiger partial charge in [0.05, 0.1) is 0 Å². The van der Waals surface area contributed by atoms with Crippen LogP contribution in [0.3, 0.4) is 0 Å². The molecule has 0 bridgehead atoms. The Bertz CT molecular complexity index is 357. The van der Waals surface area contributed by atoms with Gasteiger partial charge in [0.1, 0.15) is 5.82 Å². The van der Waals surface area contributed by atoms with Crippen LogP contribution in [0.15, 0.2) is 18.2 Å². The van der Waals surface area contributed by atoms with Gasteiger partial charge in [-0.1, -0.05) is 6.07 Å². The zero-order valence-corrected chi connectivity index (χ0v) is 11.8. The number of aryl methyl sites for hydroxylation is 1. The van der Waals surface area contributed by atoms with Gasteiger partial charge in [0.25, 0.3) is 0 Å². The number of thioether (sulfide) groups is 2. The van der Waals surface area contributed by atoms with E-state index in [0.717, 1.165) is 16.9 Å². The molecule has 0 aromatic heterocycles. The normalized spacial score (nSPS) is 22.4. The summed E-state index contributed by atoms with van der Waals surface area (Å²) in [7, 11) is 1.96. The van der Waals surface area contributed by atoms with E-state index in [4.69, 9.17) is 0 Å². The second-order valence-electron chi connectivity index (χ2n) is 4.31. The van der Waals surface area contributed by atoms with E-state index < -0.39 is 0 Å². The molecule has 1 nitrogen and oxygen atoms in total. The molecule has 1 aliphatic heterocycles. The maximum Gasteiger partial charge on any atom is 0.123 e. The molecule has 1 aliphatic rings. The van der Waals surface area contributed by atoms with Crippen molar-refractivity contribution in [3.8, 4) is 0 Å². The molecule has 17 heavy (non-hydrogen) atoms. The summed E-state index contributed by atoms with van der Waals surface area (Å²) in [6.07, 6.45) is 0. The molecule has 1 heterocycles. The Kier molecular flexibility index (Phi) is 4.77. The smallest absolute Gasteiger partial charge is 0.123 e. The molecule has 1 aromatic rings. The lowest BCUT2D eigenvalue weighted by atomic mass is 10.0. The van der Waals surface area contributed by atoms with E-state index in [1.54, 1.807) is 12.1 Å². The Hall–Kier alpha value is -0.190. The summed E-state index contributed by atoms with van der Waals surface area (Å²) in [5.74, 6) is 3.45. The van der Waals surface area contributed by atoms with Crippen molar-refractivity contribution in [2.24, 2.45) is 0 Å². The molecule has 0 radical (unpaired) electrons. The maximum atomic E-state index is 13.5. The number of rotatable bonds is 3. The number of hydrogen-bond donors (Lipinski definition) is 1. The molecule has 0 saturated carbocycles. The minimum absolute atomic E-state index is 0.131. The molecule has 0 aliphatic carbocycles. The molecular weight excluding hydrogens is 253 g/mol. The quantitative estimate of drug-likeness (QED) is 0.906. The first-order valence-corrected chi connectivity index (χ1v) is 8.05. The molecular formula is C13H18FNS2. The Balaban J connectivity index is 2.21. The highest BCUT2D eigenvalue weighted by molar-refractivity contribution is 8.06. The fraction of sp³-hybridized carbons (Fsp3) is 0.538. The van der Waals surface area contributed by atoms with Crippen molar-refractivity contribution in [2.75, 3.05) is 24.3 Å². The summed E-state index contributed by atoms with van der Waals surface area (Å²) in [5, 5.41) is 3.88. The topological polar surface area (TPSA) is 12.0 Å². The first-order chi connectivity index (χ1) is 8.20. The molecule has 1 saturated heterocycles. The maximum absolute atomic E-state index is 13.5. The average Bonchev–Trinajstić information content (AvgIpc) is 2.30. The summed E-state index contributed by atoms with van der Waals surface area (Å²) in [4.78, 5) is 0. The standard InChI is InChI=1S/C13H18FNS2/c1-9-5-10(7-11(14)6-9)13(15-2)12-8-16-3-4-17-12/h5-7,12-13,15H,3-4,8H2,1-2H3. The second-order valence-corrected chi connectivity index (χ2v) is 6.81. The van der Waals surface area contributed by atoms with Crippen molar-refractivity contribution in [3.63, 3.8) is 0 Å². The fourth-order valence-electron chi connectivity index (χ4n) is 2.21. The van der Waals surface area contributed by atoms with Gasteiger partial charge in [0, 0.05) is 28.6 Å². The molecule has 0 amide bonds. The van der Waals surface area contributed by atoms with Gasteiger partial charge in [0.2, 0.25) is 0 Å². The molecule has 1 N–H and O–H groups in total. The van der Waals surface area contributed by atoms with E-state index in [-0.39, 0.29) is 11.9 Å². The van der Waals surface area contributed by atoms with Crippen molar-refractivity contribution < 1.29 is 4.39 Å². The van der Waals surface area contributed by atoms with Gasteiger partial charge in [-0.05, 0) is 37.2 Å². The minimum atomic E-state index is -0.131. The van der Waals surface area contributed by atoms with Crippen LogP contribution in [0, 0.1) is 12.7 Å². The lowest BCUT2D eigenvalue weighted by Gasteiger charge is -2.29. The van der Waals surface area contributed by atoms with E-state index in [1.165, 1.54) is 11.5 Å². The van der Waals surface area contributed by atoms with E-state index >= 15 is 0 Å². The number of halogens is 1. The molecule has 2 unspecified atom stereocenters. The summed E-state index contributed by atoms with van der Waals surface area (Å²) >= 11 is 3.99. The molecule has 2 rings (SSSR count). The van der Waals surface area contributed by atoms with Crippen LogP contribution in [0.25, 0.3) is 0 Å². The van der Waals surface area contributed by atoms with Crippen molar-refractivity contribution in [3.05, 3.63) is 35.1 Å². The van der Waals surface area contributed by atoms with Crippen LogP contribution in [0.2, 0.25) is 0 Å². The van der Waals surface area contributed by atoms with Crippen molar-refractivity contribution >= 4 is 23.5 Å². The van der Waals surface area contributed by atoms with E-state index in [0.29, 0.717) is 5.25 Å². The first kappa shape index (κ1) is 13.2. The van der Waals surface area contributed by atoms with Crippen molar-refractivity contribution in [1.82, 2.24) is 5.32 Å². The molecule has 94 valence electrons. The lowest BCUT2D eigenvalue weighted by molar-refractivity contribution is 0.577. The van der Waals surface area contributed by atoms with Crippen LogP contribution in [-0.2, 0) is 0 Å². The van der Waals surface area contributed by atoms with Gasteiger partial charge < -0.3 is 5.32 Å². The second kappa shape index (κ2) is 6.12. The van der Waals surface area contributed by atoms with Crippen LogP contribution >= 0.6 is 23.5 Å². The third-order valence-corrected chi connectivity index (χ3v) is 5.81. The van der Waals surface area contributed by atoms with Crippen LogP contribution in [0.5, 0.6) is 0 Å². The van der Waals surface area contributed by atoms with Gasteiger partial charge in [-0.25, -0.2) is 4.39 Å². The van der Waals surface area contributed by atoms with Gasteiger partial charge in [0.15, 0.2) is 0 Å². The Morgan fingerprint density at radius 2 is 2.18 bits per heavy atom. The average molecular weight is 271 g/mol. The third-order valence-electron chi connectivity index (χ3n) is 2.95. The predicted octanol–water partition coefficient (Wildman–Crippen LogP) is 3.24. The van der Waals surface area contributed by atoms with Crippen molar-refractivity contribution in [1.29, 1.82) is 0 Å². The highest BCUT2D eigenvalue weighted by atomic mass is 32.2. The molecule has 1 fully saturated rings. The van der Waals surface area contributed by atoms with Crippen LogP contribution in [0.1, 0.15) is 17.2 Å². The highest BCUT2D eigenvalue weighted by Gasteiger charge is 2.25. The van der Waals surface area contributed by atoms with Crippen LogP contribution in [0.4, 0.5) is 4.39 Å². The molecule has 0 spiro atoms. The summed E-state index contributed by atoms with van der Waals surface area (Å²) in [6, 6.07) is 5.58. The predicted molar refractivity (Wildman–Crippen MR) is 76.5 cm³/mol. The number of benzene rings is 1. The Labute approximate surface area is 111 Å².